The van der Waals surface area contributed by atoms with Crippen LogP contribution in [0.2, 0.25) is 0 Å². The van der Waals surface area contributed by atoms with E-state index in [-0.39, 0.29) is 23.1 Å². The average Bonchev–Trinajstić information content (AvgIpc) is 3.03. The molecule has 1 aromatic rings. The summed E-state index contributed by atoms with van der Waals surface area (Å²) in [4.78, 5) is 2.18. The number of hydrogen-bond acceptors (Lipinski definition) is 5. The van der Waals surface area contributed by atoms with Gasteiger partial charge in [0, 0.05) is 30.7 Å². The van der Waals surface area contributed by atoms with Crippen molar-refractivity contribution < 1.29 is 21.9 Å². The fourth-order valence-corrected chi connectivity index (χ4v) is 5.81. The normalized spacial score (nSPS) is 32.2. The minimum Gasteiger partial charge on any atom is -0.370 e. The Morgan fingerprint density at radius 1 is 1.16 bits per heavy atom. The molecule has 0 amide bonds. The summed E-state index contributed by atoms with van der Waals surface area (Å²) in [6.45, 7) is 1.60. The molecule has 3 heterocycles. The van der Waals surface area contributed by atoms with E-state index in [4.69, 9.17) is 10.5 Å². The Morgan fingerprint density at radius 2 is 1.84 bits per heavy atom. The molecule has 4 rings (SSSR count). The summed E-state index contributed by atoms with van der Waals surface area (Å²) < 4.78 is 56.5. The van der Waals surface area contributed by atoms with Gasteiger partial charge in [0.1, 0.15) is 17.7 Å². The smallest absolute Gasteiger partial charge is 0.158 e. The molecule has 2 N–H and O–H groups in total. The first-order valence-corrected chi connectivity index (χ1v) is 10.1. The topological polar surface area (TPSA) is 72.6 Å². The van der Waals surface area contributed by atoms with E-state index in [9.17, 15) is 17.2 Å². The van der Waals surface area contributed by atoms with Crippen LogP contribution < -0.4 is 5.73 Å². The Bertz CT molecular complexity index is 816. The third-order valence-corrected chi connectivity index (χ3v) is 6.84. The van der Waals surface area contributed by atoms with E-state index in [1.807, 2.05) is 0 Å². The predicted octanol–water partition coefficient (Wildman–Crippen LogP) is 1.16. The van der Waals surface area contributed by atoms with Crippen LogP contribution in [-0.2, 0) is 14.6 Å². The lowest BCUT2D eigenvalue weighted by atomic mass is 9.93. The van der Waals surface area contributed by atoms with Crippen molar-refractivity contribution in [3.63, 3.8) is 0 Å². The van der Waals surface area contributed by atoms with E-state index in [1.54, 1.807) is 0 Å². The fourth-order valence-electron chi connectivity index (χ4n) is 4.06. The lowest BCUT2D eigenvalue weighted by Gasteiger charge is -2.39. The summed E-state index contributed by atoms with van der Waals surface area (Å²) >= 11 is 0. The Labute approximate surface area is 145 Å². The van der Waals surface area contributed by atoms with Crippen molar-refractivity contribution in [1.29, 1.82) is 0 Å². The van der Waals surface area contributed by atoms with Crippen LogP contribution in [0.3, 0.4) is 0 Å². The Hall–Kier alpha value is -1.35. The van der Waals surface area contributed by atoms with Crippen molar-refractivity contribution in [2.45, 2.75) is 24.6 Å². The molecule has 5 nitrogen and oxygen atoms in total. The zero-order chi connectivity index (χ0) is 17.8. The molecule has 136 valence electrons. The van der Waals surface area contributed by atoms with Crippen molar-refractivity contribution in [2.24, 2.45) is 5.73 Å². The molecule has 0 spiro atoms. The third kappa shape index (κ3) is 3.23. The second-order valence-electron chi connectivity index (χ2n) is 7.12. The Balaban J connectivity index is 1.42. The number of ether oxygens (including phenoxy) is 1. The maximum atomic E-state index is 14.0. The Kier molecular flexibility index (Phi) is 4.18. The van der Waals surface area contributed by atoms with E-state index in [1.165, 1.54) is 0 Å². The third-order valence-electron chi connectivity index (χ3n) is 5.26. The van der Waals surface area contributed by atoms with Crippen LogP contribution in [0.5, 0.6) is 0 Å². The van der Waals surface area contributed by atoms with Crippen LogP contribution in [0.25, 0.3) is 0 Å². The van der Waals surface area contributed by atoms with Gasteiger partial charge in [-0.2, -0.15) is 0 Å². The van der Waals surface area contributed by atoms with Gasteiger partial charge in [-0.3, -0.25) is 4.90 Å². The zero-order valence-corrected chi connectivity index (χ0v) is 14.4. The minimum atomic E-state index is -2.96. The first-order valence-electron chi connectivity index (χ1n) is 8.29. The maximum Gasteiger partial charge on any atom is 0.158 e. The molecule has 1 aromatic carbocycles. The molecule has 8 heteroatoms. The van der Waals surface area contributed by atoms with Gasteiger partial charge in [-0.1, -0.05) is 0 Å². The van der Waals surface area contributed by atoms with Crippen LogP contribution >= 0.6 is 0 Å². The van der Waals surface area contributed by atoms with E-state index in [0.29, 0.717) is 26.1 Å². The van der Waals surface area contributed by atoms with Gasteiger partial charge in [-0.05, 0) is 35.8 Å². The molecule has 1 fully saturated rings. The second kappa shape index (κ2) is 6.12. The summed E-state index contributed by atoms with van der Waals surface area (Å²) in [5, 5.41) is 0. The van der Waals surface area contributed by atoms with Crippen molar-refractivity contribution in [3.8, 4) is 0 Å². The molecule has 0 radical (unpaired) electrons. The van der Waals surface area contributed by atoms with Gasteiger partial charge >= 0.3 is 0 Å². The van der Waals surface area contributed by atoms with Crippen LogP contribution in [0.4, 0.5) is 8.78 Å². The quantitative estimate of drug-likeness (QED) is 0.791. The molecule has 0 aromatic heterocycles. The minimum absolute atomic E-state index is 0.0520. The van der Waals surface area contributed by atoms with Crippen LogP contribution in [-0.4, -0.2) is 56.6 Å². The highest BCUT2D eigenvalue weighted by Gasteiger charge is 2.40. The molecular formula is C17H20F2N2O3S. The number of hydrogen-bond donors (Lipinski definition) is 1. The van der Waals surface area contributed by atoms with Crippen molar-refractivity contribution in [2.75, 3.05) is 31.2 Å². The van der Waals surface area contributed by atoms with Crippen LogP contribution in [0, 0.1) is 11.6 Å². The molecule has 1 saturated heterocycles. The molecule has 0 aliphatic carbocycles. The highest BCUT2D eigenvalue weighted by atomic mass is 32.2. The number of nitrogens with two attached hydrogens (primary N) is 1. The average molecular weight is 370 g/mol. The van der Waals surface area contributed by atoms with Crippen LogP contribution in [0.1, 0.15) is 18.1 Å². The Morgan fingerprint density at radius 3 is 2.48 bits per heavy atom. The first-order chi connectivity index (χ1) is 11.8. The van der Waals surface area contributed by atoms with E-state index < -0.39 is 33.6 Å². The SMILES string of the molecule is N[C@H]1C[C@@H](N2CC3=C(C2)CS(=O)(=O)C3)CO[C@@H]1c1cc(F)ccc1F. The molecular weight excluding hydrogens is 350 g/mol. The van der Waals surface area contributed by atoms with Gasteiger partial charge in [0.2, 0.25) is 0 Å². The summed E-state index contributed by atoms with van der Waals surface area (Å²) in [5.74, 6) is -0.742. The summed E-state index contributed by atoms with van der Waals surface area (Å²) in [7, 11) is -2.96. The second-order valence-corrected chi connectivity index (χ2v) is 9.18. The van der Waals surface area contributed by atoms with Gasteiger partial charge < -0.3 is 10.5 Å². The molecule has 3 atom stereocenters. The number of benzene rings is 1. The first kappa shape index (κ1) is 17.1. The molecule has 3 aliphatic rings. The monoisotopic (exact) mass is 370 g/mol. The molecule has 0 bridgehead atoms. The highest BCUT2D eigenvalue weighted by Crippen LogP contribution is 2.34. The molecule has 0 unspecified atom stereocenters. The van der Waals surface area contributed by atoms with E-state index >= 15 is 0 Å². The lowest BCUT2D eigenvalue weighted by Crippen LogP contribution is -2.49. The number of sulfone groups is 1. The lowest BCUT2D eigenvalue weighted by molar-refractivity contribution is -0.0464. The maximum absolute atomic E-state index is 14.0. The number of rotatable bonds is 2. The number of nitrogens with zero attached hydrogens (tertiary/aromatic N) is 1. The van der Waals surface area contributed by atoms with Gasteiger partial charge in [-0.25, -0.2) is 17.2 Å². The summed E-state index contributed by atoms with van der Waals surface area (Å²) in [6, 6.07) is 2.89. The van der Waals surface area contributed by atoms with Crippen molar-refractivity contribution in [3.05, 3.63) is 46.5 Å². The predicted molar refractivity (Wildman–Crippen MR) is 88.7 cm³/mol. The molecule has 0 saturated carbocycles. The van der Waals surface area contributed by atoms with Crippen molar-refractivity contribution in [1.82, 2.24) is 4.90 Å². The van der Waals surface area contributed by atoms with Crippen molar-refractivity contribution >= 4 is 9.84 Å². The van der Waals surface area contributed by atoms with Crippen LogP contribution in [0.15, 0.2) is 29.3 Å². The van der Waals surface area contributed by atoms with Gasteiger partial charge in [0.05, 0.1) is 18.1 Å². The largest absolute Gasteiger partial charge is 0.370 e. The van der Waals surface area contributed by atoms with Gasteiger partial charge in [-0.15, -0.1) is 0 Å². The summed E-state index contributed by atoms with van der Waals surface area (Å²) in [6.07, 6.45) is -0.0803. The fraction of sp³-hybridized carbons (Fsp3) is 0.529. The number of halogens is 2. The van der Waals surface area contributed by atoms with E-state index in [0.717, 1.165) is 29.3 Å². The molecule has 25 heavy (non-hydrogen) atoms. The molecule has 3 aliphatic heterocycles. The summed E-state index contributed by atoms with van der Waals surface area (Å²) in [5.41, 5.74) is 8.33. The van der Waals surface area contributed by atoms with Gasteiger partial charge in [0.15, 0.2) is 9.84 Å². The standard InChI is InChI=1S/C17H20F2N2O3S/c18-12-1-2-15(19)14(3-12)17-16(20)4-13(7-24-17)21-5-10-8-25(22,23)9-11(10)6-21/h1-3,13,16-17H,4-9,20H2/t13-,16+,17-/m1/s1. The van der Waals surface area contributed by atoms with E-state index in [2.05, 4.69) is 4.90 Å². The van der Waals surface area contributed by atoms with Gasteiger partial charge in [0.25, 0.3) is 0 Å². The zero-order valence-electron chi connectivity index (χ0n) is 13.6. The highest BCUT2D eigenvalue weighted by molar-refractivity contribution is 7.92.